The van der Waals surface area contributed by atoms with E-state index in [0.717, 1.165) is 16.5 Å². The van der Waals surface area contributed by atoms with Crippen LogP contribution in [0.1, 0.15) is 53.5 Å². The summed E-state index contributed by atoms with van der Waals surface area (Å²) >= 11 is 6.99. The molecule has 38 heavy (non-hydrogen) atoms. The van der Waals surface area contributed by atoms with Gasteiger partial charge in [0.15, 0.2) is 11.5 Å². The molecule has 4 aromatic rings. The highest BCUT2D eigenvalue weighted by atomic mass is 79.9. The normalized spacial score (nSPS) is 12.1. The van der Waals surface area contributed by atoms with Gasteiger partial charge in [0, 0.05) is 20.4 Å². The molecule has 3 aromatic carbocycles. The van der Waals surface area contributed by atoms with E-state index in [2.05, 4.69) is 37.0 Å². The van der Waals surface area contributed by atoms with Crippen LogP contribution in [0.25, 0.3) is 10.9 Å². The Balaban J connectivity index is 1.66. The van der Waals surface area contributed by atoms with Crippen LogP contribution in [0.15, 0.2) is 73.4 Å². The summed E-state index contributed by atoms with van der Waals surface area (Å²) in [7, 11) is 1.54. The molecule has 0 bridgehead atoms. The average molecular weight is 643 g/mol. The lowest BCUT2D eigenvalue weighted by molar-refractivity contribution is 0.0697. The highest BCUT2D eigenvalue weighted by molar-refractivity contribution is 9.10. The van der Waals surface area contributed by atoms with Gasteiger partial charge in [-0.1, -0.05) is 41.9 Å². The highest BCUT2D eigenvalue weighted by Crippen LogP contribution is 2.33. The molecule has 0 aliphatic carbocycles. The predicted octanol–water partition coefficient (Wildman–Crippen LogP) is 6.60. The summed E-state index contributed by atoms with van der Waals surface area (Å²) in [4.78, 5) is 29.2. The zero-order valence-electron chi connectivity index (χ0n) is 20.9. The number of ether oxygens (including phenoxy) is 2. The lowest BCUT2D eigenvalue weighted by atomic mass is 10.1. The van der Waals surface area contributed by atoms with Crippen molar-refractivity contribution in [3.8, 4) is 11.5 Å². The van der Waals surface area contributed by atoms with Crippen molar-refractivity contribution in [3.63, 3.8) is 0 Å². The van der Waals surface area contributed by atoms with Crippen molar-refractivity contribution in [2.45, 2.75) is 32.8 Å². The van der Waals surface area contributed by atoms with Gasteiger partial charge in [-0.25, -0.2) is 9.78 Å². The number of hydrogen-bond donors (Lipinski definition) is 1. The van der Waals surface area contributed by atoms with Crippen LogP contribution in [-0.2, 0) is 6.61 Å². The van der Waals surface area contributed by atoms with E-state index in [1.165, 1.54) is 23.9 Å². The van der Waals surface area contributed by atoms with Crippen LogP contribution < -0.4 is 15.0 Å². The van der Waals surface area contributed by atoms with Gasteiger partial charge in [0.2, 0.25) is 0 Å². The number of carboxylic acid groups (broad SMARTS) is 1. The Morgan fingerprint density at radius 3 is 2.53 bits per heavy atom. The molecule has 0 unspecified atom stereocenters. The van der Waals surface area contributed by atoms with Crippen molar-refractivity contribution < 1.29 is 19.4 Å². The lowest BCUT2D eigenvalue weighted by Gasteiger charge is -2.15. The Hall–Kier alpha value is -3.50. The van der Waals surface area contributed by atoms with Gasteiger partial charge < -0.3 is 14.6 Å². The van der Waals surface area contributed by atoms with E-state index in [1.807, 2.05) is 26.0 Å². The molecule has 0 aliphatic rings. The molecule has 1 aromatic heterocycles. The van der Waals surface area contributed by atoms with E-state index in [0.29, 0.717) is 38.3 Å². The second kappa shape index (κ2) is 11.9. The summed E-state index contributed by atoms with van der Waals surface area (Å²) in [6.07, 6.45) is 2.38. The maximum Gasteiger partial charge on any atom is 0.335 e. The van der Waals surface area contributed by atoms with Crippen LogP contribution in [0.3, 0.4) is 0 Å². The number of rotatable bonds is 9. The highest BCUT2D eigenvalue weighted by Gasteiger charge is 2.16. The Morgan fingerprint density at radius 1 is 1.13 bits per heavy atom. The SMILES string of the molecule is CC[C@@H](C)c1nc2ccc(Br)cc2c(=O)n1N=Cc1cc(OC)c(OCc2ccc(C(=O)O)cc2)cc1Br. The van der Waals surface area contributed by atoms with Gasteiger partial charge >= 0.3 is 5.97 Å². The standard InChI is InChI=1S/C28H25Br2N3O5/c1-4-16(2)26-32-23-10-9-20(29)12-21(23)27(34)33(26)31-14-19-11-24(37-3)25(13-22(19)30)38-15-17-5-7-18(8-6-17)28(35)36/h5-14,16H,4,15H2,1-3H3,(H,35,36)/t16-/m1/s1. The number of methoxy groups -OCH3 is 1. The molecule has 1 heterocycles. The zero-order chi connectivity index (χ0) is 27.4. The Kier molecular flexibility index (Phi) is 8.63. The molecule has 8 nitrogen and oxygen atoms in total. The maximum atomic E-state index is 13.4. The third kappa shape index (κ3) is 5.97. The number of aromatic nitrogens is 2. The quantitative estimate of drug-likeness (QED) is 0.206. The molecule has 0 aliphatic heterocycles. The summed E-state index contributed by atoms with van der Waals surface area (Å²) in [6, 6.07) is 15.4. The van der Waals surface area contributed by atoms with Crippen LogP contribution in [0.5, 0.6) is 11.5 Å². The predicted molar refractivity (Wildman–Crippen MR) is 154 cm³/mol. The fourth-order valence-corrected chi connectivity index (χ4v) is 4.51. The molecule has 0 amide bonds. The molecule has 0 saturated heterocycles. The number of nitrogens with zero attached hydrogens (tertiary/aromatic N) is 3. The molecule has 196 valence electrons. The first-order valence-corrected chi connectivity index (χ1v) is 13.4. The number of carboxylic acids is 1. The second-order valence-electron chi connectivity index (χ2n) is 8.62. The summed E-state index contributed by atoms with van der Waals surface area (Å²) in [5.74, 6) is 0.596. The third-order valence-electron chi connectivity index (χ3n) is 6.08. The van der Waals surface area contributed by atoms with Gasteiger partial charge in [-0.3, -0.25) is 4.79 Å². The first-order valence-electron chi connectivity index (χ1n) is 11.8. The molecular formula is C28H25Br2N3O5. The number of halogens is 2. The Labute approximate surface area is 236 Å². The smallest absolute Gasteiger partial charge is 0.335 e. The second-order valence-corrected chi connectivity index (χ2v) is 10.4. The summed E-state index contributed by atoms with van der Waals surface area (Å²) in [6.45, 7) is 4.28. The number of hydrogen-bond acceptors (Lipinski definition) is 6. The first-order chi connectivity index (χ1) is 18.2. The zero-order valence-corrected chi connectivity index (χ0v) is 24.1. The molecule has 1 N–H and O–H groups in total. The van der Waals surface area contributed by atoms with Crippen molar-refractivity contribution >= 4 is 54.9 Å². The minimum atomic E-state index is -0.980. The fraction of sp³-hybridized carbons (Fsp3) is 0.214. The van der Waals surface area contributed by atoms with Gasteiger partial charge in [-0.2, -0.15) is 9.78 Å². The van der Waals surface area contributed by atoms with Crippen LogP contribution >= 0.6 is 31.9 Å². The van der Waals surface area contributed by atoms with Gasteiger partial charge in [0.05, 0.1) is 29.8 Å². The summed E-state index contributed by atoms with van der Waals surface area (Å²) in [5.41, 5.74) is 2.08. The van der Waals surface area contributed by atoms with E-state index in [4.69, 9.17) is 19.6 Å². The van der Waals surface area contributed by atoms with Crippen molar-refractivity contribution in [1.82, 2.24) is 9.66 Å². The van der Waals surface area contributed by atoms with Crippen molar-refractivity contribution in [2.24, 2.45) is 5.10 Å². The Bertz CT molecular complexity index is 1580. The van der Waals surface area contributed by atoms with E-state index in [9.17, 15) is 9.59 Å². The van der Waals surface area contributed by atoms with Gasteiger partial charge in [-0.05, 0) is 70.4 Å². The molecule has 0 spiro atoms. The van der Waals surface area contributed by atoms with E-state index in [-0.39, 0.29) is 23.6 Å². The van der Waals surface area contributed by atoms with Gasteiger partial charge in [0.1, 0.15) is 12.4 Å². The van der Waals surface area contributed by atoms with Crippen molar-refractivity contribution in [2.75, 3.05) is 7.11 Å². The number of carbonyl (C=O) groups is 1. The first kappa shape index (κ1) is 27.5. The molecule has 0 radical (unpaired) electrons. The van der Waals surface area contributed by atoms with Gasteiger partial charge in [0.25, 0.3) is 5.56 Å². The fourth-order valence-electron chi connectivity index (χ4n) is 3.73. The van der Waals surface area contributed by atoms with Crippen molar-refractivity contribution in [3.05, 3.63) is 96.4 Å². The maximum absolute atomic E-state index is 13.4. The average Bonchev–Trinajstić information content (AvgIpc) is 2.92. The van der Waals surface area contributed by atoms with Crippen LogP contribution in [0.2, 0.25) is 0 Å². The Morgan fingerprint density at radius 2 is 1.87 bits per heavy atom. The minimum Gasteiger partial charge on any atom is -0.493 e. The summed E-state index contributed by atoms with van der Waals surface area (Å²) in [5, 5.41) is 14.1. The van der Waals surface area contributed by atoms with E-state index >= 15 is 0 Å². The molecule has 1 atom stereocenters. The molecule has 4 rings (SSSR count). The molecule has 0 fully saturated rings. The number of fused-ring (bicyclic) bond motifs is 1. The lowest BCUT2D eigenvalue weighted by Crippen LogP contribution is -2.23. The minimum absolute atomic E-state index is 0.0196. The topological polar surface area (TPSA) is 103 Å². The molecule has 10 heteroatoms. The largest absolute Gasteiger partial charge is 0.493 e. The van der Waals surface area contributed by atoms with Crippen molar-refractivity contribution in [1.29, 1.82) is 0 Å². The van der Waals surface area contributed by atoms with Gasteiger partial charge in [-0.15, -0.1) is 0 Å². The number of aromatic carboxylic acids is 1. The van der Waals surface area contributed by atoms with Crippen LogP contribution in [0, 0.1) is 0 Å². The van der Waals surface area contributed by atoms with Crippen LogP contribution in [-0.4, -0.2) is 34.1 Å². The summed E-state index contributed by atoms with van der Waals surface area (Å²) < 4.78 is 14.3. The number of benzene rings is 3. The van der Waals surface area contributed by atoms with E-state index in [1.54, 1.807) is 36.5 Å². The third-order valence-corrected chi connectivity index (χ3v) is 7.26. The molecular weight excluding hydrogens is 618 g/mol. The van der Waals surface area contributed by atoms with E-state index < -0.39 is 5.97 Å². The molecule has 0 saturated carbocycles. The van der Waals surface area contributed by atoms with Crippen LogP contribution in [0.4, 0.5) is 0 Å². The monoisotopic (exact) mass is 641 g/mol.